The number of benzene rings is 2. The maximum absolute atomic E-state index is 12.3. The molecule has 29 heavy (non-hydrogen) atoms. The van der Waals surface area contributed by atoms with Gasteiger partial charge in [0.1, 0.15) is 11.5 Å². The molecule has 0 radical (unpaired) electrons. The third-order valence-electron chi connectivity index (χ3n) is 4.08. The van der Waals surface area contributed by atoms with Crippen molar-refractivity contribution in [2.75, 3.05) is 25.3 Å². The van der Waals surface area contributed by atoms with Gasteiger partial charge in [0.15, 0.2) is 11.0 Å². The predicted octanol–water partition coefficient (Wildman–Crippen LogP) is 3.88. The lowest BCUT2D eigenvalue weighted by Gasteiger charge is -2.09. The van der Waals surface area contributed by atoms with E-state index in [1.54, 1.807) is 44.6 Å². The Morgan fingerprint density at radius 1 is 1.07 bits per heavy atom. The Balaban J connectivity index is 1.68. The molecule has 0 aliphatic rings. The fraction of sp³-hybridized carbons (Fsp3) is 0.190. The van der Waals surface area contributed by atoms with Crippen molar-refractivity contribution in [1.29, 1.82) is 0 Å². The van der Waals surface area contributed by atoms with Crippen LogP contribution < -0.4 is 14.8 Å². The van der Waals surface area contributed by atoms with Crippen molar-refractivity contribution >= 4 is 23.4 Å². The molecular weight excluding hydrogens is 388 g/mol. The summed E-state index contributed by atoms with van der Waals surface area (Å²) in [5.41, 5.74) is 1.62. The molecule has 3 rings (SSSR count). The highest BCUT2D eigenvalue weighted by Crippen LogP contribution is 2.26. The van der Waals surface area contributed by atoms with Crippen LogP contribution in [0.5, 0.6) is 11.5 Å². The van der Waals surface area contributed by atoms with Gasteiger partial charge < -0.3 is 14.8 Å². The Bertz CT molecular complexity index is 969. The second-order valence-electron chi connectivity index (χ2n) is 6.00. The van der Waals surface area contributed by atoms with Gasteiger partial charge >= 0.3 is 0 Å². The van der Waals surface area contributed by atoms with E-state index in [-0.39, 0.29) is 11.7 Å². The van der Waals surface area contributed by atoms with E-state index in [1.165, 1.54) is 11.8 Å². The van der Waals surface area contributed by atoms with Crippen molar-refractivity contribution in [1.82, 2.24) is 14.8 Å². The average molecular weight is 410 g/mol. The summed E-state index contributed by atoms with van der Waals surface area (Å²) >= 11 is 1.33. The first kappa shape index (κ1) is 20.5. The highest BCUT2D eigenvalue weighted by atomic mass is 32.2. The van der Waals surface area contributed by atoms with Gasteiger partial charge in [-0.25, -0.2) is 0 Å². The third-order valence-corrected chi connectivity index (χ3v) is 5.05. The minimum Gasteiger partial charge on any atom is -0.497 e. The molecule has 8 heteroatoms. The number of anilines is 1. The smallest absolute Gasteiger partial charge is 0.234 e. The van der Waals surface area contributed by atoms with Gasteiger partial charge in [-0.05, 0) is 48.5 Å². The van der Waals surface area contributed by atoms with Gasteiger partial charge in [0.25, 0.3) is 0 Å². The maximum atomic E-state index is 12.3. The zero-order valence-electron chi connectivity index (χ0n) is 16.3. The number of thioether (sulfide) groups is 1. The summed E-state index contributed by atoms with van der Waals surface area (Å²) in [5.74, 6) is 2.31. The van der Waals surface area contributed by atoms with Gasteiger partial charge in [0.2, 0.25) is 5.91 Å². The SMILES string of the molecule is C=CCn1c(SCC(=O)Nc2ccc(OC)cc2)nnc1-c1ccc(OC)cc1. The Hall–Kier alpha value is -3.26. The second-order valence-corrected chi connectivity index (χ2v) is 6.94. The number of nitrogens with zero attached hydrogens (tertiary/aromatic N) is 3. The van der Waals surface area contributed by atoms with Crippen LogP contribution in [0.2, 0.25) is 0 Å². The molecule has 0 saturated heterocycles. The molecule has 0 bridgehead atoms. The van der Waals surface area contributed by atoms with Gasteiger partial charge in [-0.1, -0.05) is 17.8 Å². The molecule has 1 N–H and O–H groups in total. The number of amides is 1. The largest absolute Gasteiger partial charge is 0.497 e. The van der Waals surface area contributed by atoms with E-state index < -0.39 is 0 Å². The Morgan fingerprint density at radius 3 is 2.28 bits per heavy atom. The number of hydrogen-bond acceptors (Lipinski definition) is 6. The van der Waals surface area contributed by atoms with Crippen molar-refractivity contribution in [3.8, 4) is 22.9 Å². The fourth-order valence-electron chi connectivity index (χ4n) is 2.64. The van der Waals surface area contributed by atoms with Crippen LogP contribution in [0, 0.1) is 0 Å². The fourth-order valence-corrected chi connectivity index (χ4v) is 3.39. The molecule has 150 valence electrons. The summed E-state index contributed by atoms with van der Waals surface area (Å²) in [6.07, 6.45) is 1.78. The average Bonchev–Trinajstić information content (AvgIpc) is 3.15. The van der Waals surface area contributed by atoms with E-state index in [4.69, 9.17) is 9.47 Å². The summed E-state index contributed by atoms with van der Waals surface area (Å²) < 4.78 is 12.2. The van der Waals surface area contributed by atoms with Crippen LogP contribution in [0.15, 0.2) is 66.3 Å². The van der Waals surface area contributed by atoms with E-state index in [9.17, 15) is 4.79 Å². The predicted molar refractivity (Wildman–Crippen MR) is 115 cm³/mol. The first-order valence-corrected chi connectivity index (χ1v) is 9.88. The number of hydrogen-bond donors (Lipinski definition) is 1. The van der Waals surface area contributed by atoms with Crippen molar-refractivity contribution in [3.05, 3.63) is 61.2 Å². The normalized spacial score (nSPS) is 10.4. The molecule has 0 aliphatic carbocycles. The lowest BCUT2D eigenvalue weighted by Crippen LogP contribution is -2.14. The monoisotopic (exact) mass is 410 g/mol. The molecule has 1 aromatic heterocycles. The van der Waals surface area contributed by atoms with Gasteiger partial charge in [-0.3, -0.25) is 9.36 Å². The third kappa shape index (κ3) is 5.17. The lowest BCUT2D eigenvalue weighted by atomic mass is 10.2. The minimum absolute atomic E-state index is 0.126. The number of nitrogens with one attached hydrogen (secondary N) is 1. The van der Waals surface area contributed by atoms with Crippen molar-refractivity contribution in [2.24, 2.45) is 0 Å². The van der Waals surface area contributed by atoms with Gasteiger partial charge in [-0.15, -0.1) is 16.8 Å². The standard InChI is InChI=1S/C21H22N4O3S/c1-4-13-25-20(15-5-9-17(27-2)10-6-15)23-24-21(25)29-14-19(26)22-16-7-11-18(28-3)12-8-16/h4-12H,1,13-14H2,2-3H3,(H,22,26). The van der Waals surface area contributed by atoms with Gasteiger partial charge in [0, 0.05) is 17.8 Å². The topological polar surface area (TPSA) is 78.3 Å². The molecule has 3 aromatic rings. The number of aromatic nitrogens is 3. The first-order chi connectivity index (χ1) is 14.1. The lowest BCUT2D eigenvalue weighted by molar-refractivity contribution is -0.113. The van der Waals surface area contributed by atoms with Crippen LogP contribution in [0.1, 0.15) is 0 Å². The van der Waals surface area contributed by atoms with E-state index in [0.717, 1.165) is 17.1 Å². The highest BCUT2D eigenvalue weighted by Gasteiger charge is 2.15. The van der Waals surface area contributed by atoms with Crippen LogP contribution in [0.3, 0.4) is 0 Å². The summed E-state index contributed by atoms with van der Waals surface area (Å²) in [5, 5.41) is 12.1. The molecule has 1 heterocycles. The number of allylic oxidation sites excluding steroid dienone is 1. The number of methoxy groups -OCH3 is 2. The molecule has 0 aliphatic heterocycles. The maximum Gasteiger partial charge on any atom is 0.234 e. The Morgan fingerprint density at radius 2 is 1.69 bits per heavy atom. The van der Waals surface area contributed by atoms with Crippen LogP contribution in [0.25, 0.3) is 11.4 Å². The Labute approximate surface area is 173 Å². The zero-order chi connectivity index (χ0) is 20.6. The first-order valence-electron chi connectivity index (χ1n) is 8.90. The van der Waals surface area contributed by atoms with Crippen LogP contribution in [0.4, 0.5) is 5.69 Å². The van der Waals surface area contributed by atoms with Gasteiger partial charge in [0.05, 0.1) is 20.0 Å². The highest BCUT2D eigenvalue weighted by molar-refractivity contribution is 7.99. The molecule has 0 saturated carbocycles. The number of carbonyl (C=O) groups is 1. The number of carbonyl (C=O) groups excluding carboxylic acids is 1. The molecule has 0 atom stereocenters. The molecule has 0 unspecified atom stereocenters. The molecular formula is C21H22N4O3S. The summed E-state index contributed by atoms with van der Waals surface area (Å²) in [6.45, 7) is 4.35. The molecule has 1 amide bonds. The minimum atomic E-state index is -0.126. The van der Waals surface area contributed by atoms with Crippen LogP contribution in [-0.4, -0.2) is 40.6 Å². The Kier molecular flexibility index (Phi) is 6.91. The summed E-state index contributed by atoms with van der Waals surface area (Å²) in [4.78, 5) is 12.3. The zero-order valence-corrected chi connectivity index (χ0v) is 17.1. The van der Waals surface area contributed by atoms with Gasteiger partial charge in [-0.2, -0.15) is 0 Å². The number of rotatable bonds is 9. The van der Waals surface area contributed by atoms with Crippen molar-refractivity contribution in [2.45, 2.75) is 11.7 Å². The van der Waals surface area contributed by atoms with E-state index in [1.807, 2.05) is 28.8 Å². The van der Waals surface area contributed by atoms with Crippen LogP contribution in [-0.2, 0) is 11.3 Å². The quantitative estimate of drug-likeness (QED) is 0.426. The molecule has 0 fully saturated rings. The molecule has 0 spiro atoms. The number of ether oxygens (including phenoxy) is 2. The summed E-state index contributed by atoms with van der Waals surface area (Å²) in [7, 11) is 3.23. The van der Waals surface area contributed by atoms with E-state index >= 15 is 0 Å². The van der Waals surface area contributed by atoms with Crippen LogP contribution >= 0.6 is 11.8 Å². The molecule has 2 aromatic carbocycles. The van der Waals surface area contributed by atoms with Crippen molar-refractivity contribution < 1.29 is 14.3 Å². The summed E-state index contributed by atoms with van der Waals surface area (Å²) in [6, 6.07) is 14.8. The second kappa shape index (κ2) is 9.79. The van der Waals surface area contributed by atoms with E-state index in [2.05, 4.69) is 22.1 Å². The van der Waals surface area contributed by atoms with E-state index in [0.29, 0.717) is 23.2 Å². The molecule has 7 nitrogen and oxygen atoms in total. The van der Waals surface area contributed by atoms with Crippen molar-refractivity contribution in [3.63, 3.8) is 0 Å².